The fourth-order valence-corrected chi connectivity index (χ4v) is 2.69. The third kappa shape index (κ3) is 5.49. The van der Waals surface area contributed by atoms with Crippen LogP contribution < -0.4 is 5.32 Å². The van der Waals surface area contributed by atoms with E-state index in [1.807, 2.05) is 4.90 Å². The summed E-state index contributed by atoms with van der Waals surface area (Å²) in [4.78, 5) is 24.4. The predicted molar refractivity (Wildman–Crippen MR) is 74.1 cm³/mol. The highest BCUT2D eigenvalue weighted by atomic mass is 16.4. The Bertz CT molecular complexity index is 297. The number of unbranched alkanes of at least 4 members (excludes halogenated alkanes) is 2. The molecular weight excluding hydrogens is 244 g/mol. The monoisotopic (exact) mass is 270 g/mol. The fourth-order valence-electron chi connectivity index (χ4n) is 2.69. The molecule has 0 spiro atoms. The average Bonchev–Trinajstić information content (AvgIpc) is 2.33. The summed E-state index contributed by atoms with van der Waals surface area (Å²) >= 11 is 0. The lowest BCUT2D eigenvalue weighted by molar-refractivity contribution is -0.137. The number of hydrogen-bond acceptors (Lipinski definition) is 2. The van der Waals surface area contributed by atoms with E-state index in [-0.39, 0.29) is 12.5 Å². The number of aliphatic carboxylic acids is 1. The van der Waals surface area contributed by atoms with Crippen LogP contribution in [-0.4, -0.2) is 40.6 Å². The first-order valence-electron chi connectivity index (χ1n) is 7.30. The van der Waals surface area contributed by atoms with E-state index in [9.17, 15) is 9.59 Å². The van der Waals surface area contributed by atoms with Crippen LogP contribution in [0.5, 0.6) is 0 Å². The molecule has 110 valence electrons. The normalized spacial score (nSPS) is 23.2. The number of carboxylic acids is 1. The summed E-state index contributed by atoms with van der Waals surface area (Å²) in [6, 6.07) is 0.657. The van der Waals surface area contributed by atoms with E-state index in [2.05, 4.69) is 19.2 Å². The van der Waals surface area contributed by atoms with Crippen LogP contribution in [0.15, 0.2) is 0 Å². The Hall–Kier alpha value is -1.26. The van der Waals surface area contributed by atoms with E-state index in [1.165, 1.54) is 6.42 Å². The molecule has 2 amide bonds. The number of amides is 2. The van der Waals surface area contributed by atoms with Crippen molar-refractivity contribution in [2.45, 2.75) is 70.9 Å². The minimum Gasteiger partial charge on any atom is -0.481 e. The molecule has 1 heterocycles. The van der Waals surface area contributed by atoms with Crippen LogP contribution in [0.3, 0.4) is 0 Å². The summed E-state index contributed by atoms with van der Waals surface area (Å²) in [5.41, 5.74) is 0. The van der Waals surface area contributed by atoms with Gasteiger partial charge in [0.1, 0.15) is 0 Å². The van der Waals surface area contributed by atoms with Crippen LogP contribution in [0, 0.1) is 0 Å². The van der Waals surface area contributed by atoms with Gasteiger partial charge in [-0.1, -0.05) is 6.42 Å². The van der Waals surface area contributed by atoms with Crippen molar-refractivity contribution in [2.24, 2.45) is 0 Å². The molecule has 1 aliphatic rings. The zero-order valence-electron chi connectivity index (χ0n) is 12.0. The van der Waals surface area contributed by atoms with Crippen molar-refractivity contribution >= 4 is 12.0 Å². The Morgan fingerprint density at radius 1 is 1.16 bits per heavy atom. The van der Waals surface area contributed by atoms with Crippen molar-refractivity contribution in [3.8, 4) is 0 Å². The number of carboxylic acid groups (broad SMARTS) is 1. The van der Waals surface area contributed by atoms with Gasteiger partial charge in [0.2, 0.25) is 0 Å². The molecule has 2 N–H and O–H groups in total. The molecule has 0 aromatic rings. The Kier molecular flexibility index (Phi) is 6.67. The second-order valence-corrected chi connectivity index (χ2v) is 5.47. The van der Waals surface area contributed by atoms with Crippen molar-refractivity contribution < 1.29 is 14.7 Å². The van der Waals surface area contributed by atoms with E-state index >= 15 is 0 Å². The van der Waals surface area contributed by atoms with Crippen molar-refractivity contribution in [1.82, 2.24) is 10.2 Å². The van der Waals surface area contributed by atoms with Gasteiger partial charge in [0, 0.05) is 25.0 Å². The summed E-state index contributed by atoms with van der Waals surface area (Å²) < 4.78 is 0. The summed E-state index contributed by atoms with van der Waals surface area (Å²) in [6.45, 7) is 4.83. The zero-order chi connectivity index (χ0) is 14.3. The topological polar surface area (TPSA) is 69.6 Å². The Morgan fingerprint density at radius 3 is 2.37 bits per heavy atom. The van der Waals surface area contributed by atoms with E-state index < -0.39 is 5.97 Å². The van der Waals surface area contributed by atoms with E-state index in [0.717, 1.165) is 25.7 Å². The van der Waals surface area contributed by atoms with Gasteiger partial charge in [-0.05, 0) is 46.0 Å². The smallest absolute Gasteiger partial charge is 0.317 e. The second kappa shape index (κ2) is 8.02. The Morgan fingerprint density at radius 2 is 1.79 bits per heavy atom. The van der Waals surface area contributed by atoms with Crippen LogP contribution in [0.1, 0.15) is 58.8 Å². The highest BCUT2D eigenvalue weighted by molar-refractivity contribution is 5.75. The standard InChI is InChI=1S/C14H26N2O3/c1-11-7-6-8-12(2)16(11)14(19)15-10-5-3-4-9-13(17)18/h11-12H,3-10H2,1-2H3,(H,15,19)(H,17,18)/t11-,12+. The van der Waals surface area contributed by atoms with Gasteiger partial charge in [0.05, 0.1) is 0 Å². The molecule has 1 fully saturated rings. The maximum atomic E-state index is 12.1. The van der Waals surface area contributed by atoms with Crippen LogP contribution in [0.4, 0.5) is 4.79 Å². The molecule has 2 atom stereocenters. The van der Waals surface area contributed by atoms with Gasteiger partial charge >= 0.3 is 12.0 Å². The largest absolute Gasteiger partial charge is 0.481 e. The SMILES string of the molecule is C[C@@H]1CCC[C@H](C)N1C(=O)NCCCCCC(=O)O. The van der Waals surface area contributed by atoms with Crippen molar-refractivity contribution in [2.75, 3.05) is 6.54 Å². The Balaban J connectivity index is 2.17. The molecule has 19 heavy (non-hydrogen) atoms. The van der Waals surface area contributed by atoms with Gasteiger partial charge < -0.3 is 15.3 Å². The van der Waals surface area contributed by atoms with Gasteiger partial charge in [-0.2, -0.15) is 0 Å². The number of piperidine rings is 1. The highest BCUT2D eigenvalue weighted by Gasteiger charge is 2.28. The highest BCUT2D eigenvalue weighted by Crippen LogP contribution is 2.22. The van der Waals surface area contributed by atoms with Gasteiger partial charge in [-0.15, -0.1) is 0 Å². The molecule has 0 saturated carbocycles. The van der Waals surface area contributed by atoms with Crippen LogP contribution in [0.25, 0.3) is 0 Å². The molecule has 0 radical (unpaired) electrons. The lowest BCUT2D eigenvalue weighted by atomic mass is 9.98. The lowest BCUT2D eigenvalue weighted by Crippen LogP contribution is -2.51. The first-order valence-corrected chi connectivity index (χ1v) is 7.30. The molecule has 0 aromatic carbocycles. The van der Waals surface area contributed by atoms with Crippen molar-refractivity contribution in [1.29, 1.82) is 0 Å². The van der Waals surface area contributed by atoms with Gasteiger partial charge in [-0.3, -0.25) is 4.79 Å². The average molecular weight is 270 g/mol. The fraction of sp³-hybridized carbons (Fsp3) is 0.857. The van der Waals surface area contributed by atoms with Crippen molar-refractivity contribution in [3.63, 3.8) is 0 Å². The quantitative estimate of drug-likeness (QED) is 0.729. The third-order valence-electron chi connectivity index (χ3n) is 3.77. The number of likely N-dealkylation sites (tertiary alicyclic amines) is 1. The summed E-state index contributed by atoms with van der Waals surface area (Å²) in [5, 5.41) is 11.5. The van der Waals surface area contributed by atoms with E-state index in [1.54, 1.807) is 0 Å². The summed E-state index contributed by atoms with van der Waals surface area (Å²) in [5.74, 6) is -0.750. The Labute approximate surface area is 115 Å². The molecule has 0 bridgehead atoms. The molecular formula is C14H26N2O3. The minimum absolute atomic E-state index is 0.0259. The van der Waals surface area contributed by atoms with Gasteiger partial charge in [0.25, 0.3) is 0 Å². The number of nitrogens with one attached hydrogen (secondary N) is 1. The molecule has 1 rings (SSSR count). The number of rotatable bonds is 6. The molecule has 0 aromatic heterocycles. The number of nitrogens with zero attached hydrogens (tertiary/aromatic N) is 1. The summed E-state index contributed by atoms with van der Waals surface area (Å²) in [7, 11) is 0. The van der Waals surface area contributed by atoms with E-state index in [4.69, 9.17) is 5.11 Å². The molecule has 5 nitrogen and oxygen atoms in total. The molecule has 0 aliphatic carbocycles. The number of carbonyl (C=O) groups is 2. The summed E-state index contributed by atoms with van der Waals surface area (Å²) in [6.07, 6.45) is 5.94. The molecule has 1 saturated heterocycles. The van der Waals surface area contributed by atoms with Crippen LogP contribution in [-0.2, 0) is 4.79 Å². The molecule has 5 heteroatoms. The maximum Gasteiger partial charge on any atom is 0.317 e. The number of hydrogen-bond donors (Lipinski definition) is 2. The van der Waals surface area contributed by atoms with Gasteiger partial charge in [-0.25, -0.2) is 4.79 Å². The predicted octanol–water partition coefficient (Wildman–Crippen LogP) is 2.60. The van der Waals surface area contributed by atoms with Gasteiger partial charge in [0.15, 0.2) is 0 Å². The molecule has 1 aliphatic heterocycles. The van der Waals surface area contributed by atoms with Crippen LogP contribution >= 0.6 is 0 Å². The number of carbonyl (C=O) groups excluding carboxylic acids is 1. The lowest BCUT2D eigenvalue weighted by Gasteiger charge is -2.38. The van der Waals surface area contributed by atoms with Crippen molar-refractivity contribution in [3.05, 3.63) is 0 Å². The third-order valence-corrected chi connectivity index (χ3v) is 3.77. The molecule has 0 unspecified atom stereocenters. The first-order chi connectivity index (χ1) is 9.02. The first kappa shape index (κ1) is 15.8. The maximum absolute atomic E-state index is 12.1. The second-order valence-electron chi connectivity index (χ2n) is 5.47. The van der Waals surface area contributed by atoms with E-state index in [0.29, 0.717) is 25.0 Å². The minimum atomic E-state index is -0.750. The zero-order valence-corrected chi connectivity index (χ0v) is 12.0. The van der Waals surface area contributed by atoms with Crippen LogP contribution in [0.2, 0.25) is 0 Å². The number of urea groups is 1.